The summed E-state index contributed by atoms with van der Waals surface area (Å²) < 4.78 is 40.3. The lowest BCUT2D eigenvalue weighted by Crippen LogP contribution is -2.32. The van der Waals surface area contributed by atoms with Crippen LogP contribution in [0.1, 0.15) is 47.7 Å². The van der Waals surface area contributed by atoms with E-state index in [1.165, 1.54) is 23.3 Å². The van der Waals surface area contributed by atoms with Gasteiger partial charge in [0.15, 0.2) is 5.82 Å². The molecular weight excluding hydrogens is 401 g/mol. The van der Waals surface area contributed by atoms with Crippen LogP contribution < -0.4 is 10.6 Å². The van der Waals surface area contributed by atoms with Gasteiger partial charge in [-0.2, -0.15) is 13.2 Å². The van der Waals surface area contributed by atoms with Gasteiger partial charge < -0.3 is 10.6 Å². The molecule has 0 amide bonds. The summed E-state index contributed by atoms with van der Waals surface area (Å²) in [6.45, 7) is 7.64. The molecule has 2 aromatic carbocycles. The van der Waals surface area contributed by atoms with Crippen molar-refractivity contribution in [2.45, 2.75) is 45.8 Å². The lowest BCUT2D eigenvalue weighted by atomic mass is 9.98. The van der Waals surface area contributed by atoms with Gasteiger partial charge in [0.2, 0.25) is 0 Å². The summed E-state index contributed by atoms with van der Waals surface area (Å²) in [5, 5.41) is 0. The number of benzene rings is 2. The largest absolute Gasteiger partial charge is 0.417 e. The van der Waals surface area contributed by atoms with Crippen molar-refractivity contribution in [2.24, 2.45) is 0 Å². The fraction of sp³-hybridized carbons (Fsp3) is 0.333. The molecule has 4 rings (SSSR count). The van der Waals surface area contributed by atoms with Crippen molar-refractivity contribution >= 4 is 11.5 Å². The van der Waals surface area contributed by atoms with Gasteiger partial charge in [-0.25, -0.2) is 9.97 Å². The highest BCUT2D eigenvalue weighted by atomic mass is 19.4. The molecule has 1 aliphatic rings. The second kappa shape index (κ2) is 7.87. The third-order valence-corrected chi connectivity index (χ3v) is 5.81. The average Bonchev–Trinajstić information content (AvgIpc) is 2.73. The van der Waals surface area contributed by atoms with E-state index in [0.717, 1.165) is 17.3 Å². The molecule has 1 aliphatic heterocycles. The molecule has 4 nitrogen and oxygen atoms in total. The fourth-order valence-corrected chi connectivity index (χ4v) is 4.02. The van der Waals surface area contributed by atoms with E-state index in [0.29, 0.717) is 31.1 Å². The van der Waals surface area contributed by atoms with Crippen LogP contribution in [0.2, 0.25) is 0 Å². The Morgan fingerprint density at radius 2 is 1.81 bits per heavy atom. The van der Waals surface area contributed by atoms with Gasteiger partial charge in [-0.1, -0.05) is 44.2 Å². The SMILES string of the molecule is Cc1ccc(C(C)C)cc1N1CCc2nc(-c3ccccc3C(F)(F)F)nc(N)c2C1. The molecule has 0 aliphatic carbocycles. The number of nitrogens with two attached hydrogens (primary N) is 1. The fourth-order valence-electron chi connectivity index (χ4n) is 4.02. The van der Waals surface area contributed by atoms with E-state index >= 15 is 0 Å². The summed E-state index contributed by atoms with van der Waals surface area (Å²) in [7, 11) is 0. The zero-order chi connectivity index (χ0) is 22.3. The van der Waals surface area contributed by atoms with E-state index in [2.05, 4.69) is 53.8 Å². The summed E-state index contributed by atoms with van der Waals surface area (Å²) in [6, 6.07) is 11.8. The molecule has 3 aromatic rings. The topological polar surface area (TPSA) is 55.0 Å². The maximum atomic E-state index is 13.4. The molecule has 0 saturated carbocycles. The Labute approximate surface area is 179 Å². The standard InChI is InChI=1S/C24H25F3N4/c1-14(2)16-9-8-15(3)21(12-16)31-11-10-20-18(13-31)22(28)30-23(29-20)17-6-4-5-7-19(17)24(25,26)27/h4-9,12,14H,10-11,13H2,1-3H3,(H2,28,29,30). The van der Waals surface area contributed by atoms with Crippen LogP contribution in [0.25, 0.3) is 11.4 Å². The van der Waals surface area contributed by atoms with E-state index in [1.807, 2.05) is 0 Å². The van der Waals surface area contributed by atoms with Crippen LogP contribution in [0.4, 0.5) is 24.7 Å². The molecule has 7 heteroatoms. The van der Waals surface area contributed by atoms with Crippen molar-refractivity contribution < 1.29 is 13.2 Å². The molecule has 0 fully saturated rings. The molecule has 0 atom stereocenters. The number of rotatable bonds is 3. The minimum Gasteiger partial charge on any atom is -0.383 e. The van der Waals surface area contributed by atoms with Gasteiger partial charge in [-0.15, -0.1) is 0 Å². The summed E-state index contributed by atoms with van der Waals surface area (Å²) in [4.78, 5) is 11.0. The first kappa shape index (κ1) is 21.2. The lowest BCUT2D eigenvalue weighted by molar-refractivity contribution is -0.137. The molecule has 2 N–H and O–H groups in total. The van der Waals surface area contributed by atoms with Gasteiger partial charge in [-0.05, 0) is 36.1 Å². The molecule has 1 aromatic heterocycles. The summed E-state index contributed by atoms with van der Waals surface area (Å²) in [5.74, 6) is 0.677. The number of halogens is 3. The molecule has 0 spiro atoms. The van der Waals surface area contributed by atoms with Crippen molar-refractivity contribution in [3.63, 3.8) is 0 Å². The minimum atomic E-state index is -4.49. The highest BCUT2D eigenvalue weighted by molar-refractivity contribution is 5.65. The van der Waals surface area contributed by atoms with Gasteiger partial charge in [0.05, 0.1) is 11.3 Å². The molecule has 162 valence electrons. The molecule has 0 radical (unpaired) electrons. The number of hydrogen-bond acceptors (Lipinski definition) is 4. The number of aromatic nitrogens is 2. The van der Waals surface area contributed by atoms with Gasteiger partial charge in [0, 0.05) is 36.3 Å². The van der Waals surface area contributed by atoms with Crippen molar-refractivity contribution in [1.82, 2.24) is 9.97 Å². The Bertz CT molecular complexity index is 1120. The normalized spacial score (nSPS) is 14.1. The van der Waals surface area contributed by atoms with Gasteiger partial charge >= 0.3 is 6.18 Å². The highest BCUT2D eigenvalue weighted by Crippen LogP contribution is 2.37. The Kier molecular flexibility index (Phi) is 5.37. The van der Waals surface area contributed by atoms with Crippen molar-refractivity contribution in [3.8, 4) is 11.4 Å². The first-order chi connectivity index (χ1) is 14.6. The van der Waals surface area contributed by atoms with E-state index < -0.39 is 11.7 Å². The average molecular weight is 426 g/mol. The monoisotopic (exact) mass is 426 g/mol. The van der Waals surface area contributed by atoms with Crippen LogP contribution in [0.5, 0.6) is 0 Å². The maximum Gasteiger partial charge on any atom is 0.417 e. The lowest BCUT2D eigenvalue weighted by Gasteiger charge is -2.32. The predicted octanol–water partition coefficient (Wildman–Crippen LogP) is 5.74. The van der Waals surface area contributed by atoms with Crippen LogP contribution in [0.3, 0.4) is 0 Å². The van der Waals surface area contributed by atoms with Crippen molar-refractivity contribution in [2.75, 3.05) is 17.2 Å². The Hall–Kier alpha value is -3.09. The Morgan fingerprint density at radius 1 is 1.06 bits per heavy atom. The number of nitrogen functional groups attached to an aromatic ring is 1. The van der Waals surface area contributed by atoms with Gasteiger partial charge in [0.25, 0.3) is 0 Å². The molecule has 2 heterocycles. The molecule has 0 saturated heterocycles. The smallest absolute Gasteiger partial charge is 0.383 e. The number of nitrogens with zero attached hydrogens (tertiary/aromatic N) is 3. The van der Waals surface area contributed by atoms with E-state index in [-0.39, 0.29) is 17.2 Å². The summed E-state index contributed by atoms with van der Waals surface area (Å²) in [5.41, 5.74) is 10.5. The van der Waals surface area contributed by atoms with Crippen LogP contribution in [-0.4, -0.2) is 16.5 Å². The van der Waals surface area contributed by atoms with Crippen LogP contribution in [0.15, 0.2) is 42.5 Å². The Morgan fingerprint density at radius 3 is 2.52 bits per heavy atom. The number of anilines is 2. The van der Waals surface area contributed by atoms with Crippen molar-refractivity contribution in [1.29, 1.82) is 0 Å². The van der Waals surface area contributed by atoms with E-state index in [9.17, 15) is 13.2 Å². The van der Waals surface area contributed by atoms with Gasteiger partial charge in [-0.3, -0.25) is 0 Å². The number of aryl methyl sites for hydroxylation is 1. The van der Waals surface area contributed by atoms with Crippen molar-refractivity contribution in [3.05, 3.63) is 70.4 Å². The van der Waals surface area contributed by atoms with E-state index in [1.54, 1.807) is 6.07 Å². The second-order valence-electron chi connectivity index (χ2n) is 8.27. The molecule has 0 bridgehead atoms. The maximum absolute atomic E-state index is 13.4. The number of fused-ring (bicyclic) bond motifs is 1. The van der Waals surface area contributed by atoms with Crippen LogP contribution in [0, 0.1) is 6.92 Å². The first-order valence-corrected chi connectivity index (χ1v) is 10.3. The number of alkyl halides is 3. The third-order valence-electron chi connectivity index (χ3n) is 5.81. The summed E-state index contributed by atoms with van der Waals surface area (Å²) in [6.07, 6.45) is -3.89. The highest BCUT2D eigenvalue weighted by Gasteiger charge is 2.34. The predicted molar refractivity (Wildman–Crippen MR) is 117 cm³/mol. The third kappa shape index (κ3) is 4.09. The quantitative estimate of drug-likeness (QED) is 0.580. The molecule has 31 heavy (non-hydrogen) atoms. The molecule has 0 unspecified atom stereocenters. The van der Waals surface area contributed by atoms with Crippen LogP contribution >= 0.6 is 0 Å². The Balaban J connectivity index is 1.71. The number of hydrogen-bond donors (Lipinski definition) is 1. The van der Waals surface area contributed by atoms with Crippen LogP contribution in [-0.2, 0) is 19.1 Å². The summed E-state index contributed by atoms with van der Waals surface area (Å²) >= 11 is 0. The zero-order valence-electron chi connectivity index (χ0n) is 17.8. The van der Waals surface area contributed by atoms with E-state index in [4.69, 9.17) is 5.73 Å². The van der Waals surface area contributed by atoms with Gasteiger partial charge in [0.1, 0.15) is 5.82 Å². The second-order valence-corrected chi connectivity index (χ2v) is 8.27. The first-order valence-electron chi connectivity index (χ1n) is 10.3. The molecular formula is C24H25F3N4. The minimum absolute atomic E-state index is 0.0237. The zero-order valence-corrected chi connectivity index (χ0v) is 17.8.